The van der Waals surface area contributed by atoms with Crippen LogP contribution in [0.3, 0.4) is 0 Å². The van der Waals surface area contributed by atoms with Gasteiger partial charge in [-0.05, 0) is 41.7 Å². The average molecular weight is 603 g/mol. The van der Waals surface area contributed by atoms with Crippen LogP contribution < -0.4 is 24.3 Å². The fraction of sp³-hybridized carbons (Fsp3) is 0.353. The fourth-order valence-corrected chi connectivity index (χ4v) is 5.09. The third-order valence-electron chi connectivity index (χ3n) is 7.30. The molecule has 2 N–H and O–H groups in total. The first kappa shape index (κ1) is 32.1. The first-order valence-corrected chi connectivity index (χ1v) is 14.6. The molecule has 44 heavy (non-hydrogen) atoms. The SMILES string of the molecule is COc1cc(NC(=O)N(CC(=O)N(CCc2c[nH]c3ccccc23)Cc2ccc(OC)c(OC)c2)CC(C)C)cc(OC)c1. The van der Waals surface area contributed by atoms with Crippen LogP contribution in [0.2, 0.25) is 0 Å². The van der Waals surface area contributed by atoms with E-state index in [4.69, 9.17) is 18.9 Å². The van der Waals surface area contributed by atoms with Crippen molar-refractivity contribution in [1.29, 1.82) is 0 Å². The van der Waals surface area contributed by atoms with Crippen molar-refractivity contribution in [2.75, 3.05) is 53.4 Å². The Morgan fingerprint density at radius 1 is 0.841 bits per heavy atom. The molecule has 4 rings (SSSR count). The number of methoxy groups -OCH3 is 4. The van der Waals surface area contributed by atoms with Crippen molar-refractivity contribution in [3.05, 3.63) is 78.0 Å². The third kappa shape index (κ3) is 8.15. The Balaban J connectivity index is 1.57. The van der Waals surface area contributed by atoms with Crippen LogP contribution >= 0.6 is 0 Å². The van der Waals surface area contributed by atoms with Crippen LogP contribution in [0.15, 0.2) is 66.9 Å². The molecule has 0 saturated heterocycles. The number of aromatic amines is 1. The number of para-hydroxylation sites is 1. The number of rotatable bonds is 14. The minimum absolute atomic E-state index is 0.0910. The van der Waals surface area contributed by atoms with E-state index in [9.17, 15) is 9.59 Å². The van der Waals surface area contributed by atoms with Gasteiger partial charge in [0.05, 0.1) is 28.4 Å². The lowest BCUT2D eigenvalue weighted by Gasteiger charge is -2.29. The molecule has 4 aromatic rings. The highest BCUT2D eigenvalue weighted by molar-refractivity contribution is 5.93. The number of fused-ring (bicyclic) bond motifs is 1. The summed E-state index contributed by atoms with van der Waals surface area (Å²) in [7, 11) is 6.27. The minimum Gasteiger partial charge on any atom is -0.497 e. The van der Waals surface area contributed by atoms with Crippen LogP contribution in [0.25, 0.3) is 10.9 Å². The number of urea groups is 1. The first-order chi connectivity index (χ1) is 21.2. The number of carbonyl (C=O) groups is 2. The van der Waals surface area contributed by atoms with Gasteiger partial charge in [-0.3, -0.25) is 4.79 Å². The smallest absolute Gasteiger partial charge is 0.322 e. The lowest BCUT2D eigenvalue weighted by atomic mass is 10.1. The summed E-state index contributed by atoms with van der Waals surface area (Å²) in [5, 5.41) is 4.04. The Kier molecular flexibility index (Phi) is 11.0. The highest BCUT2D eigenvalue weighted by Crippen LogP contribution is 2.29. The zero-order valence-electron chi connectivity index (χ0n) is 26.3. The highest BCUT2D eigenvalue weighted by atomic mass is 16.5. The molecule has 1 heterocycles. The molecule has 0 aliphatic rings. The van der Waals surface area contributed by atoms with Gasteiger partial charge in [0.1, 0.15) is 18.0 Å². The number of ether oxygens (including phenoxy) is 4. The predicted molar refractivity (Wildman–Crippen MR) is 172 cm³/mol. The van der Waals surface area contributed by atoms with Crippen LogP contribution in [0.5, 0.6) is 23.0 Å². The summed E-state index contributed by atoms with van der Waals surface area (Å²) in [5.41, 5.74) is 3.57. The maximum atomic E-state index is 14.0. The molecule has 3 amide bonds. The van der Waals surface area contributed by atoms with Gasteiger partial charge in [0.25, 0.3) is 0 Å². The van der Waals surface area contributed by atoms with Crippen LogP contribution in [0.4, 0.5) is 10.5 Å². The number of carbonyl (C=O) groups excluding carboxylic acids is 2. The van der Waals surface area contributed by atoms with E-state index in [-0.39, 0.29) is 24.4 Å². The molecule has 234 valence electrons. The molecule has 0 unspecified atom stereocenters. The summed E-state index contributed by atoms with van der Waals surface area (Å²) < 4.78 is 21.6. The Morgan fingerprint density at radius 3 is 2.20 bits per heavy atom. The highest BCUT2D eigenvalue weighted by Gasteiger charge is 2.24. The molecule has 0 fully saturated rings. The number of H-pyrrole nitrogens is 1. The van der Waals surface area contributed by atoms with Crippen molar-refractivity contribution in [3.8, 4) is 23.0 Å². The minimum atomic E-state index is -0.384. The number of aromatic nitrogens is 1. The number of anilines is 1. The lowest BCUT2D eigenvalue weighted by Crippen LogP contribution is -2.46. The van der Waals surface area contributed by atoms with Gasteiger partial charge in [-0.15, -0.1) is 0 Å². The van der Waals surface area contributed by atoms with Gasteiger partial charge in [-0.1, -0.05) is 38.1 Å². The average Bonchev–Trinajstić information content (AvgIpc) is 3.44. The Labute approximate surface area is 258 Å². The van der Waals surface area contributed by atoms with Crippen LogP contribution in [-0.4, -0.2) is 74.8 Å². The Morgan fingerprint density at radius 2 is 1.55 bits per heavy atom. The van der Waals surface area contributed by atoms with Crippen molar-refractivity contribution in [3.63, 3.8) is 0 Å². The van der Waals surface area contributed by atoms with Gasteiger partial charge in [0.2, 0.25) is 5.91 Å². The number of nitrogens with one attached hydrogen (secondary N) is 2. The second-order valence-corrected chi connectivity index (χ2v) is 10.9. The van der Waals surface area contributed by atoms with Gasteiger partial charge in [0.15, 0.2) is 11.5 Å². The van der Waals surface area contributed by atoms with Crippen LogP contribution in [0, 0.1) is 5.92 Å². The molecule has 0 spiro atoms. The zero-order valence-corrected chi connectivity index (χ0v) is 26.3. The summed E-state index contributed by atoms with van der Waals surface area (Å²) in [6.07, 6.45) is 2.63. The molecule has 0 radical (unpaired) electrons. The van der Waals surface area contributed by atoms with Gasteiger partial charge in [-0.2, -0.15) is 0 Å². The molecule has 10 heteroatoms. The van der Waals surface area contributed by atoms with Gasteiger partial charge in [0, 0.05) is 60.6 Å². The van der Waals surface area contributed by atoms with Gasteiger partial charge < -0.3 is 39.0 Å². The number of benzene rings is 3. The Hall–Kier alpha value is -4.86. The second kappa shape index (κ2) is 15.0. The maximum absolute atomic E-state index is 14.0. The van der Waals surface area contributed by atoms with E-state index in [2.05, 4.69) is 16.4 Å². The van der Waals surface area contributed by atoms with Crippen molar-refractivity contribution < 1.29 is 28.5 Å². The summed E-state index contributed by atoms with van der Waals surface area (Å²) in [6, 6.07) is 18.5. The molecule has 10 nitrogen and oxygen atoms in total. The molecule has 1 aromatic heterocycles. The van der Waals surface area contributed by atoms with E-state index in [1.165, 1.54) is 0 Å². The van der Waals surface area contributed by atoms with E-state index in [1.807, 2.05) is 56.4 Å². The van der Waals surface area contributed by atoms with Crippen LogP contribution in [-0.2, 0) is 17.8 Å². The number of amides is 3. The molecular formula is C34H42N4O6. The van der Waals surface area contributed by atoms with E-state index < -0.39 is 0 Å². The first-order valence-electron chi connectivity index (χ1n) is 14.6. The number of hydrogen-bond acceptors (Lipinski definition) is 6. The van der Waals surface area contributed by atoms with E-state index in [1.54, 1.807) is 56.4 Å². The Bertz CT molecular complexity index is 1540. The molecule has 0 aliphatic heterocycles. The molecule has 3 aromatic carbocycles. The summed E-state index contributed by atoms with van der Waals surface area (Å²) >= 11 is 0. The number of nitrogens with zero attached hydrogens (tertiary/aromatic N) is 2. The monoisotopic (exact) mass is 602 g/mol. The van der Waals surface area contributed by atoms with E-state index in [0.717, 1.165) is 22.0 Å². The van der Waals surface area contributed by atoms with Gasteiger partial charge >= 0.3 is 6.03 Å². The second-order valence-electron chi connectivity index (χ2n) is 10.9. The van der Waals surface area contributed by atoms with Crippen molar-refractivity contribution in [2.45, 2.75) is 26.8 Å². The maximum Gasteiger partial charge on any atom is 0.322 e. The van der Waals surface area contributed by atoms with Crippen molar-refractivity contribution >= 4 is 28.5 Å². The summed E-state index contributed by atoms with van der Waals surface area (Å²) in [5.74, 6) is 2.26. The largest absolute Gasteiger partial charge is 0.497 e. The topological polar surface area (TPSA) is 105 Å². The lowest BCUT2D eigenvalue weighted by molar-refractivity contribution is -0.132. The van der Waals surface area contributed by atoms with Crippen molar-refractivity contribution in [1.82, 2.24) is 14.8 Å². The normalized spacial score (nSPS) is 10.9. The standard InChI is InChI=1S/C34H42N4O6/c1-23(2)20-38(34(40)36-26-16-27(41-3)18-28(17-26)42-4)22-33(39)37(21-24-11-12-31(43-5)32(15-24)44-6)14-13-25-19-35-30-10-8-7-9-29(25)30/h7-12,15-19,23,35H,13-14,20-22H2,1-6H3,(H,36,40). The van der Waals surface area contributed by atoms with Crippen molar-refractivity contribution in [2.24, 2.45) is 5.92 Å². The van der Waals surface area contributed by atoms with E-state index in [0.29, 0.717) is 54.7 Å². The molecular weight excluding hydrogens is 560 g/mol. The van der Waals surface area contributed by atoms with Crippen LogP contribution in [0.1, 0.15) is 25.0 Å². The quantitative estimate of drug-likeness (QED) is 0.184. The summed E-state index contributed by atoms with van der Waals surface area (Å²) in [6.45, 7) is 5.12. The fourth-order valence-electron chi connectivity index (χ4n) is 5.09. The van der Waals surface area contributed by atoms with Gasteiger partial charge in [-0.25, -0.2) is 4.79 Å². The molecule has 0 atom stereocenters. The number of hydrogen-bond donors (Lipinski definition) is 2. The molecule has 0 bridgehead atoms. The van der Waals surface area contributed by atoms with E-state index >= 15 is 0 Å². The predicted octanol–water partition coefficient (Wildman–Crippen LogP) is 5.96. The summed E-state index contributed by atoms with van der Waals surface area (Å²) in [4.78, 5) is 34.2. The molecule has 0 saturated carbocycles. The third-order valence-corrected chi connectivity index (χ3v) is 7.30. The molecule has 0 aliphatic carbocycles. The zero-order chi connectivity index (χ0) is 31.6.